The molecule has 5 heteroatoms. The van der Waals surface area contributed by atoms with E-state index in [1.165, 1.54) is 51.5 Å². The number of likely N-dealkylation sites (tertiary alicyclic amines) is 1. The van der Waals surface area contributed by atoms with Crippen molar-refractivity contribution < 1.29 is 0 Å². The van der Waals surface area contributed by atoms with Gasteiger partial charge in [0.1, 0.15) is 11.6 Å². The average Bonchev–Trinajstić information content (AvgIpc) is 2.69. The molecule has 0 radical (unpaired) electrons. The van der Waals surface area contributed by atoms with Gasteiger partial charge in [-0.15, -0.1) is 0 Å². The molecule has 1 aliphatic heterocycles. The molecule has 26 heavy (non-hydrogen) atoms. The van der Waals surface area contributed by atoms with Crippen molar-refractivity contribution in [3.63, 3.8) is 0 Å². The van der Waals surface area contributed by atoms with E-state index >= 15 is 0 Å². The zero-order valence-electron chi connectivity index (χ0n) is 15.7. The Kier molecular flexibility index (Phi) is 5.44. The summed E-state index contributed by atoms with van der Waals surface area (Å²) in [5.74, 6) is 2.38. The summed E-state index contributed by atoms with van der Waals surface area (Å²) in [5.41, 5.74) is 2.04. The number of nitrogens with one attached hydrogen (secondary N) is 1. The van der Waals surface area contributed by atoms with Gasteiger partial charge in [-0.25, -0.2) is 9.97 Å². The molecule has 1 N–H and O–H groups in total. The number of pyridine rings is 1. The summed E-state index contributed by atoms with van der Waals surface area (Å²) < 4.78 is 0. The van der Waals surface area contributed by atoms with Crippen molar-refractivity contribution in [3.8, 4) is 11.3 Å². The minimum Gasteiger partial charge on any atom is -0.367 e. The van der Waals surface area contributed by atoms with Crippen molar-refractivity contribution in [2.75, 3.05) is 25.5 Å². The fraction of sp³-hybridized carbons (Fsp3) is 0.571. The molecule has 1 aliphatic carbocycles. The largest absolute Gasteiger partial charge is 0.367 e. The number of hydrogen-bond donors (Lipinski definition) is 1. The predicted molar refractivity (Wildman–Crippen MR) is 105 cm³/mol. The van der Waals surface area contributed by atoms with Gasteiger partial charge < -0.3 is 10.2 Å². The van der Waals surface area contributed by atoms with Crippen molar-refractivity contribution in [3.05, 3.63) is 36.4 Å². The van der Waals surface area contributed by atoms with Gasteiger partial charge in [0.15, 0.2) is 0 Å². The van der Waals surface area contributed by atoms with Crippen molar-refractivity contribution in [2.45, 2.75) is 56.9 Å². The monoisotopic (exact) mass is 351 g/mol. The minimum absolute atomic E-state index is 0.414. The second-order valence-corrected chi connectivity index (χ2v) is 7.82. The van der Waals surface area contributed by atoms with Crippen molar-refractivity contribution in [1.29, 1.82) is 0 Å². The van der Waals surface area contributed by atoms with E-state index in [4.69, 9.17) is 9.97 Å². The average molecular weight is 351 g/mol. The first-order valence-electron chi connectivity index (χ1n) is 10.0. The molecule has 138 valence electrons. The van der Waals surface area contributed by atoms with E-state index in [-0.39, 0.29) is 0 Å². The van der Waals surface area contributed by atoms with Crippen LogP contribution in [0.25, 0.3) is 11.3 Å². The van der Waals surface area contributed by atoms with E-state index in [1.54, 1.807) is 0 Å². The highest BCUT2D eigenvalue weighted by Crippen LogP contribution is 2.29. The Bertz CT molecular complexity index is 712. The summed E-state index contributed by atoms with van der Waals surface area (Å²) in [5, 5.41) is 3.70. The summed E-state index contributed by atoms with van der Waals surface area (Å²) in [7, 11) is 2.19. The van der Waals surface area contributed by atoms with Crippen LogP contribution in [-0.4, -0.2) is 46.0 Å². The van der Waals surface area contributed by atoms with E-state index in [9.17, 15) is 0 Å². The molecular formula is C21H29N5. The summed E-state index contributed by atoms with van der Waals surface area (Å²) in [4.78, 5) is 16.5. The minimum atomic E-state index is 0.414. The quantitative estimate of drug-likeness (QED) is 0.899. The van der Waals surface area contributed by atoms with E-state index in [2.05, 4.69) is 34.4 Å². The Hall–Kier alpha value is -2.01. The van der Waals surface area contributed by atoms with Crippen LogP contribution in [0.2, 0.25) is 0 Å². The number of likely N-dealkylation sites (N-methyl/N-ethyl adjacent to an activating group) is 1. The van der Waals surface area contributed by atoms with Gasteiger partial charge in [-0.2, -0.15) is 0 Å². The molecule has 5 nitrogen and oxygen atoms in total. The van der Waals surface area contributed by atoms with Crippen LogP contribution in [-0.2, 0) is 0 Å². The summed E-state index contributed by atoms with van der Waals surface area (Å²) >= 11 is 0. The fourth-order valence-corrected chi connectivity index (χ4v) is 4.22. The first-order chi connectivity index (χ1) is 12.8. The molecule has 0 amide bonds. The first-order valence-corrected chi connectivity index (χ1v) is 10.0. The topological polar surface area (TPSA) is 53.9 Å². The number of anilines is 1. The molecule has 0 bridgehead atoms. The lowest BCUT2D eigenvalue weighted by Gasteiger charge is -2.29. The standard InChI is InChI=1S/C21H29N5/c1-26-12-6-8-17(15-26)21-24-19(16-7-5-11-22-14-16)13-20(25-21)23-18-9-3-2-4-10-18/h5,7,11,13-14,17-18H,2-4,6,8-10,12,15H2,1H3,(H,23,24,25). The molecule has 1 saturated carbocycles. The van der Waals surface area contributed by atoms with Gasteiger partial charge in [0.05, 0.1) is 5.69 Å². The number of rotatable bonds is 4. The van der Waals surface area contributed by atoms with Crippen molar-refractivity contribution in [1.82, 2.24) is 19.9 Å². The van der Waals surface area contributed by atoms with Crippen molar-refractivity contribution >= 4 is 5.82 Å². The van der Waals surface area contributed by atoms with Crippen LogP contribution in [0, 0.1) is 0 Å². The Morgan fingerprint density at radius 3 is 2.73 bits per heavy atom. The smallest absolute Gasteiger partial charge is 0.135 e. The highest BCUT2D eigenvalue weighted by atomic mass is 15.1. The number of piperidine rings is 1. The summed E-state index contributed by atoms with van der Waals surface area (Å²) in [6.45, 7) is 2.21. The summed E-state index contributed by atoms with van der Waals surface area (Å²) in [6.07, 6.45) is 12.6. The van der Waals surface area contributed by atoms with Crippen LogP contribution in [0.3, 0.4) is 0 Å². The van der Waals surface area contributed by atoms with Crippen LogP contribution >= 0.6 is 0 Å². The molecule has 0 aromatic carbocycles. The van der Waals surface area contributed by atoms with Crippen LogP contribution in [0.4, 0.5) is 5.82 Å². The molecule has 3 heterocycles. The lowest BCUT2D eigenvalue weighted by molar-refractivity contribution is 0.246. The van der Waals surface area contributed by atoms with Gasteiger partial charge in [0.25, 0.3) is 0 Å². The molecule has 2 aromatic rings. The maximum Gasteiger partial charge on any atom is 0.135 e. The molecule has 1 saturated heterocycles. The highest BCUT2D eigenvalue weighted by Gasteiger charge is 2.23. The maximum absolute atomic E-state index is 4.94. The summed E-state index contributed by atoms with van der Waals surface area (Å²) in [6, 6.07) is 6.69. The van der Waals surface area contributed by atoms with Crippen LogP contribution in [0.5, 0.6) is 0 Å². The first kappa shape index (κ1) is 17.4. The normalized spacial score (nSPS) is 22.3. The van der Waals surface area contributed by atoms with E-state index < -0.39 is 0 Å². The van der Waals surface area contributed by atoms with Gasteiger partial charge in [-0.1, -0.05) is 19.3 Å². The highest BCUT2D eigenvalue weighted by molar-refractivity contribution is 5.61. The van der Waals surface area contributed by atoms with E-state index in [1.807, 2.05) is 18.5 Å². The third-order valence-corrected chi connectivity index (χ3v) is 5.65. The SMILES string of the molecule is CN1CCCC(c2nc(NC3CCCCC3)cc(-c3cccnc3)n2)C1. The third-order valence-electron chi connectivity index (χ3n) is 5.65. The Balaban J connectivity index is 1.64. The molecule has 1 atom stereocenters. The molecule has 2 aliphatic rings. The van der Waals surface area contributed by atoms with Crippen LogP contribution < -0.4 is 5.32 Å². The second kappa shape index (κ2) is 8.12. The van der Waals surface area contributed by atoms with Gasteiger partial charge in [0.2, 0.25) is 0 Å². The zero-order chi connectivity index (χ0) is 17.8. The molecule has 0 spiro atoms. The van der Waals surface area contributed by atoms with Gasteiger partial charge in [0, 0.05) is 42.5 Å². The Morgan fingerprint density at radius 2 is 1.96 bits per heavy atom. The second-order valence-electron chi connectivity index (χ2n) is 7.82. The third kappa shape index (κ3) is 4.21. The van der Waals surface area contributed by atoms with E-state index in [0.29, 0.717) is 12.0 Å². The molecule has 2 fully saturated rings. The number of aromatic nitrogens is 3. The van der Waals surface area contributed by atoms with Gasteiger partial charge in [-0.3, -0.25) is 4.98 Å². The van der Waals surface area contributed by atoms with Crippen molar-refractivity contribution in [2.24, 2.45) is 0 Å². The molecule has 4 rings (SSSR count). The molecular weight excluding hydrogens is 322 g/mol. The number of hydrogen-bond acceptors (Lipinski definition) is 5. The van der Waals surface area contributed by atoms with Gasteiger partial charge >= 0.3 is 0 Å². The van der Waals surface area contributed by atoms with E-state index in [0.717, 1.165) is 29.4 Å². The van der Waals surface area contributed by atoms with Gasteiger partial charge in [-0.05, 0) is 51.4 Å². The molecule has 2 aromatic heterocycles. The maximum atomic E-state index is 4.94. The lowest BCUT2D eigenvalue weighted by atomic mass is 9.95. The number of nitrogens with zero attached hydrogens (tertiary/aromatic N) is 4. The molecule has 1 unspecified atom stereocenters. The van der Waals surface area contributed by atoms with Crippen LogP contribution in [0.1, 0.15) is 56.7 Å². The Labute approximate surface area is 156 Å². The predicted octanol–water partition coefficient (Wildman–Crippen LogP) is 4.09. The van der Waals surface area contributed by atoms with Crippen LogP contribution in [0.15, 0.2) is 30.6 Å². The Morgan fingerprint density at radius 1 is 1.08 bits per heavy atom. The zero-order valence-corrected chi connectivity index (χ0v) is 15.7. The lowest BCUT2D eigenvalue weighted by Crippen LogP contribution is -2.32. The fourth-order valence-electron chi connectivity index (χ4n) is 4.22.